The summed E-state index contributed by atoms with van der Waals surface area (Å²) >= 11 is 0. The quantitative estimate of drug-likeness (QED) is 0.129. The van der Waals surface area contributed by atoms with Crippen molar-refractivity contribution in [2.24, 2.45) is 7.05 Å². The van der Waals surface area contributed by atoms with Crippen LogP contribution >= 0.6 is 0 Å². The first-order chi connectivity index (χ1) is 18.5. The number of benzene rings is 1. The molecule has 0 unspecified atom stereocenters. The van der Waals surface area contributed by atoms with Crippen molar-refractivity contribution in [1.29, 1.82) is 0 Å². The third-order valence-corrected chi connectivity index (χ3v) is 4.80. The topological polar surface area (TPSA) is 149 Å². The van der Waals surface area contributed by atoms with Gasteiger partial charge in [-0.25, -0.2) is 24.1 Å². The van der Waals surface area contributed by atoms with Gasteiger partial charge in [-0.1, -0.05) is 6.58 Å². The molecule has 0 fully saturated rings. The van der Waals surface area contributed by atoms with E-state index in [2.05, 4.69) is 52.3 Å². The van der Waals surface area contributed by atoms with E-state index in [1.165, 1.54) is 35.8 Å². The molecule has 39 heavy (non-hydrogen) atoms. The predicted octanol–water partition coefficient (Wildman–Crippen LogP) is 3.89. The Morgan fingerprint density at radius 3 is 2.46 bits per heavy atom. The van der Waals surface area contributed by atoms with Crippen molar-refractivity contribution in [3.63, 3.8) is 0 Å². The Bertz CT molecular complexity index is 1540. The zero-order valence-corrected chi connectivity index (χ0v) is 19.8. The molecule has 200 valence electrons. The molecule has 1 aromatic carbocycles. The molecule has 1 amide bonds. The van der Waals surface area contributed by atoms with E-state index >= 15 is 4.39 Å². The summed E-state index contributed by atoms with van der Waals surface area (Å²) in [6, 6.07) is 1.77. The number of alkyl halides is 3. The zero-order chi connectivity index (χ0) is 28.2. The first-order valence-corrected chi connectivity index (χ1v) is 10.7. The number of halogens is 4. The Balaban J connectivity index is 1.79. The molecule has 3 N–H and O–H groups in total. The molecular weight excluding hydrogens is 526 g/mol. The van der Waals surface area contributed by atoms with E-state index < -0.39 is 35.3 Å². The third-order valence-electron chi connectivity index (χ3n) is 4.80. The van der Waals surface area contributed by atoms with E-state index in [4.69, 9.17) is 0 Å². The number of rotatable bonds is 8. The van der Waals surface area contributed by atoms with Gasteiger partial charge >= 0.3 is 12.1 Å². The van der Waals surface area contributed by atoms with Crippen LogP contribution in [-0.4, -0.2) is 47.8 Å². The molecular formula is C23H17F4N9O3. The van der Waals surface area contributed by atoms with Crippen LogP contribution in [0.25, 0.3) is 11.1 Å². The van der Waals surface area contributed by atoms with Crippen molar-refractivity contribution < 1.29 is 31.9 Å². The van der Waals surface area contributed by atoms with Gasteiger partial charge in [0, 0.05) is 54.7 Å². The molecule has 4 rings (SSSR count). The number of aromatic nitrogens is 6. The SMILES string of the molecule is C=CC(=O)Nc1cc(Nc2nc(Nc3cnn(C)c3)ncc2-c2cncnc2)c(F)c(OC(=O)C(F)(F)F)c1. The summed E-state index contributed by atoms with van der Waals surface area (Å²) in [6.45, 7) is 3.28. The average Bonchev–Trinajstić information content (AvgIpc) is 3.31. The maximum absolute atomic E-state index is 15.4. The van der Waals surface area contributed by atoms with Gasteiger partial charge in [0.25, 0.3) is 0 Å². The molecule has 3 heterocycles. The molecule has 0 aliphatic rings. The molecule has 0 aliphatic carbocycles. The lowest BCUT2D eigenvalue weighted by molar-refractivity contribution is -0.189. The van der Waals surface area contributed by atoms with E-state index in [1.54, 1.807) is 13.2 Å². The Morgan fingerprint density at radius 1 is 1.08 bits per heavy atom. The van der Waals surface area contributed by atoms with Gasteiger partial charge in [0.2, 0.25) is 11.9 Å². The van der Waals surface area contributed by atoms with Crippen molar-refractivity contribution in [2.45, 2.75) is 6.18 Å². The largest absolute Gasteiger partial charge is 0.491 e. The number of hydrogen-bond acceptors (Lipinski definition) is 10. The summed E-state index contributed by atoms with van der Waals surface area (Å²) in [4.78, 5) is 39.7. The van der Waals surface area contributed by atoms with Crippen LogP contribution in [0.2, 0.25) is 0 Å². The number of carbonyl (C=O) groups excluding carboxylic acids is 2. The normalized spacial score (nSPS) is 11.0. The van der Waals surface area contributed by atoms with Crippen LogP contribution in [0.3, 0.4) is 0 Å². The minimum absolute atomic E-state index is 0.0367. The molecule has 0 atom stereocenters. The molecule has 0 radical (unpaired) electrons. The smallest absolute Gasteiger partial charge is 0.417 e. The van der Waals surface area contributed by atoms with Crippen LogP contribution < -0.4 is 20.7 Å². The van der Waals surface area contributed by atoms with Gasteiger partial charge in [-0.05, 0) is 12.1 Å². The third kappa shape index (κ3) is 6.48. The number of nitrogens with one attached hydrogen (secondary N) is 3. The number of esters is 1. The second kappa shape index (κ2) is 10.9. The van der Waals surface area contributed by atoms with Crippen LogP contribution in [-0.2, 0) is 16.6 Å². The first-order valence-electron chi connectivity index (χ1n) is 10.7. The number of hydrogen-bond donors (Lipinski definition) is 3. The molecule has 0 saturated carbocycles. The van der Waals surface area contributed by atoms with Gasteiger partial charge in [0.15, 0.2) is 11.6 Å². The molecule has 12 nitrogen and oxygen atoms in total. The Labute approximate surface area is 216 Å². The van der Waals surface area contributed by atoms with Crippen LogP contribution in [0.1, 0.15) is 0 Å². The zero-order valence-electron chi connectivity index (χ0n) is 19.8. The van der Waals surface area contributed by atoms with E-state index in [1.807, 2.05) is 0 Å². The molecule has 0 bridgehead atoms. The first kappa shape index (κ1) is 26.6. The summed E-state index contributed by atoms with van der Waals surface area (Å²) in [7, 11) is 1.70. The second-order valence-corrected chi connectivity index (χ2v) is 7.65. The Morgan fingerprint density at radius 2 is 1.82 bits per heavy atom. The van der Waals surface area contributed by atoms with Gasteiger partial charge in [0.1, 0.15) is 12.1 Å². The molecule has 3 aromatic heterocycles. The van der Waals surface area contributed by atoms with Gasteiger partial charge in [-0.15, -0.1) is 0 Å². The van der Waals surface area contributed by atoms with Crippen LogP contribution in [0.5, 0.6) is 5.75 Å². The predicted molar refractivity (Wildman–Crippen MR) is 130 cm³/mol. The fourth-order valence-corrected chi connectivity index (χ4v) is 3.12. The fraction of sp³-hybridized carbons (Fsp3) is 0.0870. The average molecular weight is 543 g/mol. The highest BCUT2D eigenvalue weighted by atomic mass is 19.4. The van der Waals surface area contributed by atoms with E-state index in [-0.39, 0.29) is 23.0 Å². The summed E-state index contributed by atoms with van der Waals surface area (Å²) in [5.41, 5.74) is 0.516. The van der Waals surface area contributed by atoms with Gasteiger partial charge in [-0.2, -0.15) is 23.3 Å². The monoisotopic (exact) mass is 543 g/mol. The lowest BCUT2D eigenvalue weighted by Crippen LogP contribution is -2.28. The second-order valence-electron chi connectivity index (χ2n) is 7.65. The number of anilines is 5. The number of aryl methyl sites for hydroxylation is 1. The van der Waals surface area contributed by atoms with Gasteiger partial charge in [-0.3, -0.25) is 9.48 Å². The van der Waals surface area contributed by atoms with E-state index in [9.17, 15) is 22.8 Å². The van der Waals surface area contributed by atoms with Crippen molar-refractivity contribution in [2.75, 3.05) is 16.0 Å². The summed E-state index contributed by atoms with van der Waals surface area (Å²) in [5.74, 6) is -5.88. The summed E-state index contributed by atoms with van der Waals surface area (Å²) in [6.07, 6.45) is 4.13. The summed E-state index contributed by atoms with van der Waals surface area (Å²) < 4.78 is 59.5. The van der Waals surface area contributed by atoms with Gasteiger partial charge in [0.05, 0.1) is 17.6 Å². The number of amides is 1. The molecule has 0 saturated heterocycles. The lowest BCUT2D eigenvalue weighted by atomic mass is 10.1. The maximum atomic E-state index is 15.4. The van der Waals surface area contributed by atoms with Crippen molar-refractivity contribution in [3.8, 4) is 16.9 Å². The van der Waals surface area contributed by atoms with Crippen molar-refractivity contribution in [1.82, 2.24) is 29.7 Å². The Hall–Kier alpha value is -5.41. The summed E-state index contributed by atoms with van der Waals surface area (Å²) in [5, 5.41) is 11.9. The highest BCUT2D eigenvalue weighted by molar-refractivity contribution is 5.99. The highest BCUT2D eigenvalue weighted by Crippen LogP contribution is 2.35. The number of nitrogens with zero attached hydrogens (tertiary/aromatic N) is 6. The van der Waals surface area contributed by atoms with E-state index in [0.717, 1.165) is 12.1 Å². The molecule has 0 aliphatic heterocycles. The van der Waals surface area contributed by atoms with Crippen LogP contribution in [0.15, 0.2) is 62.1 Å². The van der Waals surface area contributed by atoms with Crippen LogP contribution in [0, 0.1) is 5.82 Å². The molecule has 16 heteroatoms. The maximum Gasteiger partial charge on any atom is 0.491 e. The van der Waals surface area contributed by atoms with Crippen LogP contribution in [0.4, 0.5) is 46.4 Å². The minimum Gasteiger partial charge on any atom is -0.417 e. The fourth-order valence-electron chi connectivity index (χ4n) is 3.12. The van der Waals surface area contributed by atoms with Gasteiger partial charge < -0.3 is 20.7 Å². The van der Waals surface area contributed by atoms with E-state index in [0.29, 0.717) is 17.3 Å². The van der Waals surface area contributed by atoms with Crippen molar-refractivity contribution in [3.05, 3.63) is 67.9 Å². The van der Waals surface area contributed by atoms with Crippen molar-refractivity contribution >= 4 is 40.7 Å². The Kier molecular flexibility index (Phi) is 7.46. The number of ether oxygens (including phenoxy) is 1. The molecule has 4 aromatic rings. The highest BCUT2D eigenvalue weighted by Gasteiger charge is 2.42. The standard InChI is InChI=1S/C23H17F4N9O3/c1-3-18(37)32-13-4-16(19(24)17(5-13)39-21(38)23(25,26)27)34-20-15(12-6-28-11-29-7-12)9-30-22(35-20)33-14-8-31-36(2)10-14/h3-11H,1H2,2H3,(H,32,37)(H2,30,33,34,35). The lowest BCUT2D eigenvalue weighted by Gasteiger charge is -2.16. The molecule has 0 spiro atoms. The minimum atomic E-state index is -5.40. The number of carbonyl (C=O) groups is 2.